The standard InChI is InChI=1S/C26H26N2O4/c1-2-32-26(31)20-12-14-22(15-13-20)28(18-27-16-6-11-24(27)29)25(30)17-21-9-5-8-19-7-3-4-10-23(19)21/h3-5,7-10,12-15H,2,6,11,16-18H2,1H3. The number of carbonyl (C=O) groups is 3. The second kappa shape index (κ2) is 9.64. The van der Waals surface area contributed by atoms with Crippen LogP contribution < -0.4 is 4.90 Å². The molecular weight excluding hydrogens is 404 g/mol. The molecule has 0 N–H and O–H groups in total. The summed E-state index contributed by atoms with van der Waals surface area (Å²) in [5.41, 5.74) is 2.01. The predicted molar refractivity (Wildman–Crippen MR) is 123 cm³/mol. The number of likely N-dealkylation sites (tertiary alicyclic amines) is 1. The molecular formula is C26H26N2O4. The summed E-state index contributed by atoms with van der Waals surface area (Å²) in [7, 11) is 0. The van der Waals surface area contributed by atoms with E-state index in [2.05, 4.69) is 0 Å². The Hall–Kier alpha value is -3.67. The molecule has 1 aliphatic heterocycles. The molecule has 0 unspecified atom stereocenters. The molecule has 6 heteroatoms. The van der Waals surface area contributed by atoms with Crippen molar-refractivity contribution in [1.29, 1.82) is 0 Å². The average Bonchev–Trinajstić information content (AvgIpc) is 3.22. The summed E-state index contributed by atoms with van der Waals surface area (Å²) < 4.78 is 5.04. The summed E-state index contributed by atoms with van der Waals surface area (Å²) in [5.74, 6) is -0.455. The molecule has 1 saturated heterocycles. The molecule has 4 rings (SSSR count). The van der Waals surface area contributed by atoms with Crippen molar-refractivity contribution in [3.05, 3.63) is 77.9 Å². The Morgan fingerprint density at radius 3 is 2.47 bits per heavy atom. The molecule has 32 heavy (non-hydrogen) atoms. The molecule has 3 aromatic carbocycles. The van der Waals surface area contributed by atoms with Crippen molar-refractivity contribution >= 4 is 34.2 Å². The number of nitrogens with zero attached hydrogens (tertiary/aromatic N) is 2. The molecule has 0 bridgehead atoms. The maximum Gasteiger partial charge on any atom is 0.338 e. The normalized spacial score (nSPS) is 13.4. The van der Waals surface area contributed by atoms with E-state index in [-0.39, 0.29) is 24.9 Å². The Bertz CT molecular complexity index is 1130. The van der Waals surface area contributed by atoms with Crippen LogP contribution in [0.25, 0.3) is 10.8 Å². The van der Waals surface area contributed by atoms with Crippen LogP contribution in [0.4, 0.5) is 5.69 Å². The van der Waals surface area contributed by atoms with E-state index in [4.69, 9.17) is 4.74 Å². The Labute approximate surface area is 187 Å². The third-order valence-corrected chi connectivity index (χ3v) is 5.70. The molecule has 0 aromatic heterocycles. The van der Waals surface area contributed by atoms with E-state index in [9.17, 15) is 14.4 Å². The molecule has 164 valence electrons. The van der Waals surface area contributed by atoms with E-state index in [1.807, 2.05) is 42.5 Å². The van der Waals surface area contributed by atoms with Gasteiger partial charge in [0, 0.05) is 18.7 Å². The number of hydrogen-bond acceptors (Lipinski definition) is 4. The van der Waals surface area contributed by atoms with E-state index >= 15 is 0 Å². The number of fused-ring (bicyclic) bond motifs is 1. The Kier molecular flexibility index (Phi) is 6.50. The van der Waals surface area contributed by atoms with Crippen LogP contribution in [0, 0.1) is 0 Å². The van der Waals surface area contributed by atoms with Gasteiger partial charge in [0.2, 0.25) is 11.8 Å². The Balaban J connectivity index is 1.62. The quantitative estimate of drug-likeness (QED) is 0.528. The van der Waals surface area contributed by atoms with Gasteiger partial charge in [-0.2, -0.15) is 0 Å². The molecule has 0 saturated carbocycles. The fourth-order valence-corrected chi connectivity index (χ4v) is 4.03. The van der Waals surface area contributed by atoms with Gasteiger partial charge in [0.05, 0.1) is 18.6 Å². The van der Waals surface area contributed by atoms with Crippen molar-refractivity contribution in [3.8, 4) is 0 Å². The van der Waals surface area contributed by atoms with Crippen molar-refractivity contribution in [3.63, 3.8) is 0 Å². The summed E-state index contributed by atoms with van der Waals surface area (Å²) in [6, 6.07) is 20.7. The van der Waals surface area contributed by atoms with Gasteiger partial charge in [0.15, 0.2) is 0 Å². The molecule has 1 aliphatic rings. The number of amides is 2. The molecule has 0 spiro atoms. The first-order valence-corrected chi connectivity index (χ1v) is 10.9. The highest BCUT2D eigenvalue weighted by Gasteiger charge is 2.26. The van der Waals surface area contributed by atoms with Crippen LogP contribution in [0.15, 0.2) is 66.7 Å². The van der Waals surface area contributed by atoms with Crippen molar-refractivity contribution in [1.82, 2.24) is 4.90 Å². The van der Waals surface area contributed by atoms with Crippen LogP contribution in [-0.2, 0) is 20.7 Å². The Morgan fingerprint density at radius 1 is 1.00 bits per heavy atom. The minimum Gasteiger partial charge on any atom is -0.462 e. The van der Waals surface area contributed by atoms with Gasteiger partial charge < -0.3 is 9.64 Å². The zero-order valence-corrected chi connectivity index (χ0v) is 18.1. The topological polar surface area (TPSA) is 66.9 Å². The number of rotatable bonds is 7. The van der Waals surface area contributed by atoms with Crippen molar-refractivity contribution in [2.24, 2.45) is 0 Å². The smallest absolute Gasteiger partial charge is 0.338 e. The van der Waals surface area contributed by atoms with Crippen LogP contribution in [0.1, 0.15) is 35.7 Å². The van der Waals surface area contributed by atoms with Crippen molar-refractivity contribution in [2.75, 3.05) is 24.7 Å². The highest BCUT2D eigenvalue weighted by atomic mass is 16.5. The van der Waals surface area contributed by atoms with E-state index < -0.39 is 5.97 Å². The largest absolute Gasteiger partial charge is 0.462 e. The lowest BCUT2D eigenvalue weighted by Gasteiger charge is -2.28. The summed E-state index contributed by atoms with van der Waals surface area (Å²) >= 11 is 0. The number of ether oxygens (including phenoxy) is 1. The van der Waals surface area contributed by atoms with Crippen LogP contribution in [-0.4, -0.2) is 42.5 Å². The van der Waals surface area contributed by atoms with E-state index in [1.54, 1.807) is 41.0 Å². The lowest BCUT2D eigenvalue weighted by Crippen LogP contribution is -2.43. The summed E-state index contributed by atoms with van der Waals surface area (Å²) in [6.07, 6.45) is 1.52. The van der Waals surface area contributed by atoms with Crippen LogP contribution in [0.5, 0.6) is 0 Å². The molecule has 1 heterocycles. The number of esters is 1. The van der Waals surface area contributed by atoms with Crippen LogP contribution >= 0.6 is 0 Å². The van der Waals surface area contributed by atoms with Crippen molar-refractivity contribution < 1.29 is 19.1 Å². The van der Waals surface area contributed by atoms with Gasteiger partial charge in [-0.05, 0) is 53.9 Å². The second-order valence-electron chi connectivity index (χ2n) is 7.81. The first kappa shape index (κ1) is 21.6. The fraction of sp³-hybridized carbons (Fsp3) is 0.269. The van der Waals surface area contributed by atoms with Crippen LogP contribution in [0.3, 0.4) is 0 Å². The monoisotopic (exact) mass is 430 g/mol. The van der Waals surface area contributed by atoms with E-state index in [1.165, 1.54) is 0 Å². The predicted octanol–water partition coefficient (Wildman–Crippen LogP) is 4.17. The van der Waals surface area contributed by atoms with Gasteiger partial charge in [-0.25, -0.2) is 4.79 Å². The zero-order valence-electron chi connectivity index (χ0n) is 18.1. The summed E-state index contributed by atoms with van der Waals surface area (Å²) in [6.45, 7) is 2.89. The molecule has 2 amide bonds. The number of anilines is 1. The zero-order chi connectivity index (χ0) is 22.5. The molecule has 6 nitrogen and oxygen atoms in total. The SMILES string of the molecule is CCOC(=O)c1ccc(N(CN2CCCC2=O)C(=O)Cc2cccc3ccccc23)cc1. The van der Waals surface area contributed by atoms with Gasteiger partial charge in [0.25, 0.3) is 0 Å². The van der Waals surface area contributed by atoms with Gasteiger partial charge in [-0.1, -0.05) is 42.5 Å². The lowest BCUT2D eigenvalue weighted by atomic mass is 10.0. The first-order valence-electron chi connectivity index (χ1n) is 10.9. The highest BCUT2D eigenvalue weighted by molar-refractivity contribution is 5.99. The van der Waals surface area contributed by atoms with Gasteiger partial charge in [-0.15, -0.1) is 0 Å². The first-order chi connectivity index (χ1) is 15.6. The van der Waals surface area contributed by atoms with E-state index in [0.29, 0.717) is 30.8 Å². The highest BCUT2D eigenvalue weighted by Crippen LogP contribution is 2.23. The van der Waals surface area contributed by atoms with Gasteiger partial charge in [-0.3, -0.25) is 14.5 Å². The number of benzene rings is 3. The molecule has 3 aromatic rings. The second-order valence-corrected chi connectivity index (χ2v) is 7.81. The van der Waals surface area contributed by atoms with Gasteiger partial charge >= 0.3 is 5.97 Å². The third kappa shape index (κ3) is 4.64. The number of hydrogen-bond donors (Lipinski definition) is 0. The van der Waals surface area contributed by atoms with Crippen molar-refractivity contribution in [2.45, 2.75) is 26.2 Å². The molecule has 0 radical (unpaired) electrons. The number of carbonyl (C=O) groups excluding carboxylic acids is 3. The maximum absolute atomic E-state index is 13.5. The lowest BCUT2D eigenvalue weighted by molar-refractivity contribution is -0.128. The summed E-state index contributed by atoms with van der Waals surface area (Å²) in [4.78, 5) is 41.0. The minimum absolute atomic E-state index is 0.0519. The minimum atomic E-state index is -0.401. The maximum atomic E-state index is 13.5. The van der Waals surface area contributed by atoms with Crippen LogP contribution in [0.2, 0.25) is 0 Å². The molecule has 1 fully saturated rings. The molecule has 0 aliphatic carbocycles. The Morgan fingerprint density at radius 2 is 1.75 bits per heavy atom. The molecule has 0 atom stereocenters. The summed E-state index contributed by atoms with van der Waals surface area (Å²) in [5, 5.41) is 2.12. The fourth-order valence-electron chi connectivity index (χ4n) is 4.03. The third-order valence-electron chi connectivity index (χ3n) is 5.70. The average molecular weight is 431 g/mol. The van der Waals surface area contributed by atoms with E-state index in [0.717, 1.165) is 22.8 Å². The van der Waals surface area contributed by atoms with Gasteiger partial charge in [0.1, 0.15) is 6.67 Å².